The van der Waals surface area contributed by atoms with E-state index in [1.807, 2.05) is 38.1 Å². The molecule has 2 rings (SSSR count). The van der Waals surface area contributed by atoms with Crippen LogP contribution in [0.2, 0.25) is 5.02 Å². The molecule has 4 nitrogen and oxygen atoms in total. The van der Waals surface area contributed by atoms with Crippen LogP contribution in [0.25, 0.3) is 0 Å². The molecule has 2 N–H and O–H groups in total. The SMILES string of the molecule is Cc1cc(C)c(NC(=O)CC(=O)NCCCc2ccccc2)c(Cl)c1. The van der Waals surface area contributed by atoms with Crippen molar-refractivity contribution in [2.24, 2.45) is 0 Å². The van der Waals surface area contributed by atoms with Crippen molar-refractivity contribution in [3.63, 3.8) is 0 Å². The Labute approximate surface area is 153 Å². The lowest BCUT2D eigenvalue weighted by molar-refractivity contribution is -0.126. The zero-order chi connectivity index (χ0) is 18.2. The van der Waals surface area contributed by atoms with Gasteiger partial charge in [-0.05, 0) is 49.4 Å². The minimum Gasteiger partial charge on any atom is -0.356 e. The monoisotopic (exact) mass is 358 g/mol. The third kappa shape index (κ3) is 6.24. The van der Waals surface area contributed by atoms with E-state index in [2.05, 4.69) is 22.8 Å². The van der Waals surface area contributed by atoms with Gasteiger partial charge in [-0.25, -0.2) is 0 Å². The molecule has 0 aromatic heterocycles. The topological polar surface area (TPSA) is 58.2 Å². The number of carbonyl (C=O) groups excluding carboxylic acids is 2. The molecular weight excluding hydrogens is 336 g/mol. The largest absolute Gasteiger partial charge is 0.356 e. The zero-order valence-electron chi connectivity index (χ0n) is 14.6. The molecule has 0 spiro atoms. The Kier molecular flexibility index (Phi) is 7.02. The maximum atomic E-state index is 12.0. The number of rotatable bonds is 7. The molecule has 0 saturated carbocycles. The van der Waals surface area contributed by atoms with Crippen LogP contribution in [0.1, 0.15) is 29.5 Å². The van der Waals surface area contributed by atoms with Crippen LogP contribution in [0, 0.1) is 13.8 Å². The normalized spacial score (nSPS) is 10.4. The molecule has 0 aliphatic carbocycles. The number of halogens is 1. The molecular formula is C20H23ClN2O2. The Bertz CT molecular complexity index is 722. The van der Waals surface area contributed by atoms with E-state index in [1.165, 1.54) is 5.56 Å². The Morgan fingerprint density at radius 3 is 2.44 bits per heavy atom. The molecule has 0 radical (unpaired) electrons. The van der Waals surface area contributed by atoms with Crippen LogP contribution in [-0.2, 0) is 16.0 Å². The highest BCUT2D eigenvalue weighted by molar-refractivity contribution is 6.34. The number of amides is 2. The van der Waals surface area contributed by atoms with E-state index < -0.39 is 0 Å². The number of benzene rings is 2. The maximum Gasteiger partial charge on any atom is 0.233 e. The Morgan fingerprint density at radius 2 is 1.76 bits per heavy atom. The summed E-state index contributed by atoms with van der Waals surface area (Å²) in [5, 5.41) is 5.98. The van der Waals surface area contributed by atoms with Crippen molar-refractivity contribution in [2.45, 2.75) is 33.1 Å². The van der Waals surface area contributed by atoms with Gasteiger partial charge in [-0.3, -0.25) is 9.59 Å². The van der Waals surface area contributed by atoms with E-state index >= 15 is 0 Å². The van der Waals surface area contributed by atoms with E-state index in [0.29, 0.717) is 17.3 Å². The van der Waals surface area contributed by atoms with Gasteiger partial charge in [0.25, 0.3) is 0 Å². The van der Waals surface area contributed by atoms with Crippen LogP contribution in [0.5, 0.6) is 0 Å². The smallest absolute Gasteiger partial charge is 0.233 e. The van der Waals surface area contributed by atoms with Crippen molar-refractivity contribution in [3.8, 4) is 0 Å². The van der Waals surface area contributed by atoms with Gasteiger partial charge in [0.05, 0.1) is 10.7 Å². The third-order valence-corrected chi connectivity index (χ3v) is 4.12. The number of carbonyl (C=O) groups is 2. The standard InChI is InChI=1S/C20H23ClN2O2/c1-14-11-15(2)20(17(21)12-14)23-19(25)13-18(24)22-10-6-9-16-7-4-3-5-8-16/h3-5,7-8,11-12H,6,9-10,13H2,1-2H3,(H,22,24)(H,23,25). The molecule has 0 fully saturated rings. The van der Waals surface area contributed by atoms with E-state index in [4.69, 9.17) is 11.6 Å². The summed E-state index contributed by atoms with van der Waals surface area (Å²) in [6, 6.07) is 13.8. The fraction of sp³-hybridized carbons (Fsp3) is 0.300. The number of aryl methyl sites for hydroxylation is 3. The van der Waals surface area contributed by atoms with Crippen LogP contribution in [-0.4, -0.2) is 18.4 Å². The summed E-state index contributed by atoms with van der Waals surface area (Å²) >= 11 is 6.16. The fourth-order valence-electron chi connectivity index (χ4n) is 2.63. The number of hydrogen-bond acceptors (Lipinski definition) is 2. The highest BCUT2D eigenvalue weighted by Gasteiger charge is 2.13. The van der Waals surface area contributed by atoms with Crippen LogP contribution in [0.3, 0.4) is 0 Å². The first-order chi connectivity index (χ1) is 12.0. The van der Waals surface area contributed by atoms with E-state index in [0.717, 1.165) is 24.0 Å². The van der Waals surface area contributed by atoms with Gasteiger partial charge in [0, 0.05) is 6.54 Å². The average molecular weight is 359 g/mol. The summed E-state index contributed by atoms with van der Waals surface area (Å²) in [7, 11) is 0. The Balaban J connectivity index is 1.74. The molecule has 0 heterocycles. The lowest BCUT2D eigenvalue weighted by Gasteiger charge is -2.11. The second-order valence-electron chi connectivity index (χ2n) is 6.10. The van der Waals surface area contributed by atoms with Crippen LogP contribution in [0.15, 0.2) is 42.5 Å². The Hall–Kier alpha value is -2.33. The third-order valence-electron chi connectivity index (χ3n) is 3.82. The average Bonchev–Trinajstić information content (AvgIpc) is 2.56. The van der Waals surface area contributed by atoms with Crippen molar-refractivity contribution in [1.82, 2.24) is 5.32 Å². The van der Waals surface area contributed by atoms with E-state index in [9.17, 15) is 9.59 Å². The second kappa shape index (κ2) is 9.23. The molecule has 132 valence electrons. The molecule has 0 unspecified atom stereocenters. The molecule has 0 aliphatic heterocycles. The maximum absolute atomic E-state index is 12.0. The summed E-state index contributed by atoms with van der Waals surface area (Å²) < 4.78 is 0. The summed E-state index contributed by atoms with van der Waals surface area (Å²) in [5.41, 5.74) is 3.70. The molecule has 0 aliphatic rings. The van der Waals surface area contributed by atoms with Crippen molar-refractivity contribution in [3.05, 3.63) is 64.2 Å². The lowest BCUT2D eigenvalue weighted by Crippen LogP contribution is -2.29. The van der Waals surface area contributed by atoms with Gasteiger partial charge in [-0.1, -0.05) is 48.0 Å². The van der Waals surface area contributed by atoms with Gasteiger partial charge in [0.1, 0.15) is 6.42 Å². The summed E-state index contributed by atoms with van der Waals surface area (Å²) in [5.74, 6) is -0.652. The van der Waals surface area contributed by atoms with E-state index in [1.54, 1.807) is 6.07 Å². The lowest BCUT2D eigenvalue weighted by atomic mass is 10.1. The number of anilines is 1. The first kappa shape index (κ1) is 19.0. The van der Waals surface area contributed by atoms with Gasteiger partial charge in [-0.2, -0.15) is 0 Å². The first-order valence-corrected chi connectivity index (χ1v) is 8.70. The molecule has 0 saturated heterocycles. The zero-order valence-corrected chi connectivity index (χ0v) is 15.3. The van der Waals surface area contributed by atoms with Gasteiger partial charge >= 0.3 is 0 Å². The molecule has 2 amide bonds. The highest BCUT2D eigenvalue weighted by atomic mass is 35.5. The number of nitrogens with one attached hydrogen (secondary N) is 2. The van der Waals surface area contributed by atoms with Crippen LogP contribution >= 0.6 is 11.6 Å². The molecule has 5 heteroatoms. The van der Waals surface area contributed by atoms with Gasteiger partial charge in [0.15, 0.2) is 0 Å². The quantitative estimate of drug-likeness (QED) is 0.579. The predicted octanol–water partition coefficient (Wildman–Crippen LogP) is 4.03. The van der Waals surface area contributed by atoms with Crippen molar-refractivity contribution in [2.75, 3.05) is 11.9 Å². The highest BCUT2D eigenvalue weighted by Crippen LogP contribution is 2.27. The molecule has 0 bridgehead atoms. The summed E-state index contributed by atoms with van der Waals surface area (Å²) in [4.78, 5) is 23.9. The molecule has 2 aromatic rings. The van der Waals surface area contributed by atoms with Crippen molar-refractivity contribution >= 4 is 29.1 Å². The van der Waals surface area contributed by atoms with Gasteiger partial charge in [-0.15, -0.1) is 0 Å². The minimum absolute atomic E-state index is 0.213. The molecule has 2 aromatic carbocycles. The molecule has 25 heavy (non-hydrogen) atoms. The van der Waals surface area contributed by atoms with E-state index in [-0.39, 0.29) is 18.2 Å². The van der Waals surface area contributed by atoms with Crippen molar-refractivity contribution < 1.29 is 9.59 Å². The number of hydrogen-bond donors (Lipinski definition) is 2. The summed E-state index contributed by atoms with van der Waals surface area (Å²) in [6.07, 6.45) is 1.51. The summed E-state index contributed by atoms with van der Waals surface area (Å²) in [6.45, 7) is 4.36. The predicted molar refractivity (Wildman–Crippen MR) is 102 cm³/mol. The Morgan fingerprint density at radius 1 is 1.04 bits per heavy atom. The molecule has 0 atom stereocenters. The van der Waals surface area contributed by atoms with Crippen molar-refractivity contribution in [1.29, 1.82) is 0 Å². The second-order valence-corrected chi connectivity index (χ2v) is 6.51. The van der Waals surface area contributed by atoms with Gasteiger partial charge < -0.3 is 10.6 Å². The van der Waals surface area contributed by atoms with Crippen LogP contribution < -0.4 is 10.6 Å². The van der Waals surface area contributed by atoms with Gasteiger partial charge in [0.2, 0.25) is 11.8 Å². The fourth-order valence-corrected chi connectivity index (χ4v) is 3.00. The minimum atomic E-state index is -0.366. The van der Waals surface area contributed by atoms with Crippen LogP contribution in [0.4, 0.5) is 5.69 Å². The first-order valence-electron chi connectivity index (χ1n) is 8.33.